The first-order valence-corrected chi connectivity index (χ1v) is 8.52. The summed E-state index contributed by atoms with van der Waals surface area (Å²) in [7, 11) is 0. The lowest BCUT2D eigenvalue weighted by molar-refractivity contribution is -0.117. The van der Waals surface area contributed by atoms with Gasteiger partial charge in [-0.2, -0.15) is 0 Å². The summed E-state index contributed by atoms with van der Waals surface area (Å²) in [5.74, 6) is -0.0528. The van der Waals surface area contributed by atoms with Crippen LogP contribution in [0.2, 0.25) is 0 Å². The molecule has 0 spiro atoms. The SMILES string of the molecule is CCCCN(CCO)CC(=O)Nc1ccccc1-c1ccccc1. The summed E-state index contributed by atoms with van der Waals surface area (Å²) >= 11 is 0. The Kier molecular flexibility index (Phi) is 7.46. The third-order valence-electron chi connectivity index (χ3n) is 3.90. The van der Waals surface area contributed by atoms with Crippen molar-refractivity contribution in [3.8, 4) is 11.1 Å². The van der Waals surface area contributed by atoms with Crippen molar-refractivity contribution in [2.45, 2.75) is 19.8 Å². The maximum absolute atomic E-state index is 12.4. The number of carbonyl (C=O) groups is 1. The molecule has 2 N–H and O–H groups in total. The molecule has 128 valence electrons. The van der Waals surface area contributed by atoms with Crippen LogP contribution in [-0.4, -0.2) is 42.2 Å². The molecule has 0 saturated heterocycles. The van der Waals surface area contributed by atoms with Crippen LogP contribution in [0.5, 0.6) is 0 Å². The minimum atomic E-state index is -0.0528. The zero-order valence-electron chi connectivity index (χ0n) is 14.2. The molecular formula is C20H26N2O2. The number of benzene rings is 2. The Morgan fingerprint density at radius 1 is 1.04 bits per heavy atom. The molecule has 0 atom stereocenters. The lowest BCUT2D eigenvalue weighted by atomic mass is 10.0. The number of hydrogen-bond acceptors (Lipinski definition) is 3. The standard InChI is InChI=1S/C20H26N2O2/c1-2-3-13-22(14-15-23)16-20(24)21-19-12-8-7-11-18(19)17-9-5-4-6-10-17/h4-12,23H,2-3,13-16H2,1H3,(H,21,24). The smallest absolute Gasteiger partial charge is 0.238 e. The summed E-state index contributed by atoms with van der Waals surface area (Å²) < 4.78 is 0. The van der Waals surface area contributed by atoms with Crippen LogP contribution in [0.25, 0.3) is 11.1 Å². The van der Waals surface area contributed by atoms with Crippen molar-refractivity contribution in [2.75, 3.05) is 31.6 Å². The minimum Gasteiger partial charge on any atom is -0.395 e. The molecule has 24 heavy (non-hydrogen) atoms. The van der Waals surface area contributed by atoms with E-state index in [9.17, 15) is 4.79 Å². The quantitative estimate of drug-likeness (QED) is 0.743. The third-order valence-corrected chi connectivity index (χ3v) is 3.90. The van der Waals surface area contributed by atoms with Gasteiger partial charge in [-0.1, -0.05) is 61.9 Å². The first-order chi connectivity index (χ1) is 11.7. The number of hydrogen-bond donors (Lipinski definition) is 2. The van der Waals surface area contributed by atoms with Gasteiger partial charge in [0.25, 0.3) is 0 Å². The van der Waals surface area contributed by atoms with Crippen molar-refractivity contribution >= 4 is 11.6 Å². The molecule has 4 heteroatoms. The van der Waals surface area contributed by atoms with Crippen molar-refractivity contribution in [3.05, 3.63) is 54.6 Å². The molecule has 1 amide bonds. The van der Waals surface area contributed by atoms with Crippen LogP contribution in [0.15, 0.2) is 54.6 Å². The van der Waals surface area contributed by atoms with Crippen molar-refractivity contribution < 1.29 is 9.90 Å². The van der Waals surface area contributed by atoms with Gasteiger partial charge in [0, 0.05) is 17.8 Å². The molecule has 0 radical (unpaired) electrons. The number of unbranched alkanes of at least 4 members (excludes halogenated alkanes) is 1. The van der Waals surface area contributed by atoms with Crippen LogP contribution >= 0.6 is 0 Å². The number of amides is 1. The second-order valence-corrected chi connectivity index (χ2v) is 5.81. The molecule has 0 bridgehead atoms. The summed E-state index contributed by atoms with van der Waals surface area (Å²) in [6, 6.07) is 17.8. The number of nitrogens with one attached hydrogen (secondary N) is 1. The average molecular weight is 326 g/mol. The van der Waals surface area contributed by atoms with Gasteiger partial charge in [0.15, 0.2) is 0 Å². The fourth-order valence-corrected chi connectivity index (χ4v) is 2.65. The third kappa shape index (κ3) is 5.48. The average Bonchev–Trinajstić information content (AvgIpc) is 2.61. The monoisotopic (exact) mass is 326 g/mol. The Morgan fingerprint density at radius 2 is 1.75 bits per heavy atom. The van der Waals surface area contributed by atoms with Gasteiger partial charge in [-0.3, -0.25) is 9.69 Å². The van der Waals surface area contributed by atoms with Crippen molar-refractivity contribution in [1.82, 2.24) is 4.90 Å². The van der Waals surface area contributed by atoms with Crippen LogP contribution in [0, 0.1) is 0 Å². The van der Waals surface area contributed by atoms with Gasteiger partial charge in [0.2, 0.25) is 5.91 Å². The highest BCUT2D eigenvalue weighted by atomic mass is 16.3. The normalized spacial score (nSPS) is 10.8. The molecule has 2 rings (SSSR count). The van der Waals surface area contributed by atoms with Crippen LogP contribution in [-0.2, 0) is 4.79 Å². The van der Waals surface area contributed by atoms with E-state index in [-0.39, 0.29) is 12.5 Å². The van der Waals surface area contributed by atoms with E-state index in [1.54, 1.807) is 0 Å². The van der Waals surface area contributed by atoms with Gasteiger partial charge in [0.1, 0.15) is 0 Å². The van der Waals surface area contributed by atoms with E-state index in [1.165, 1.54) is 0 Å². The van der Waals surface area contributed by atoms with Crippen LogP contribution in [0.4, 0.5) is 5.69 Å². The largest absolute Gasteiger partial charge is 0.395 e. The predicted molar refractivity (Wildman–Crippen MR) is 98.9 cm³/mol. The highest BCUT2D eigenvalue weighted by Crippen LogP contribution is 2.27. The number of anilines is 1. The second kappa shape index (κ2) is 9.85. The lowest BCUT2D eigenvalue weighted by Crippen LogP contribution is -2.36. The lowest BCUT2D eigenvalue weighted by Gasteiger charge is -2.21. The zero-order valence-corrected chi connectivity index (χ0v) is 14.2. The molecule has 0 aliphatic heterocycles. The summed E-state index contributed by atoms with van der Waals surface area (Å²) in [5, 5.41) is 12.2. The molecule has 4 nitrogen and oxygen atoms in total. The summed E-state index contributed by atoms with van der Waals surface area (Å²) in [6.07, 6.45) is 2.09. The number of aliphatic hydroxyl groups excluding tert-OH is 1. The van der Waals surface area contributed by atoms with Crippen LogP contribution < -0.4 is 5.32 Å². The predicted octanol–water partition coefficient (Wildman–Crippen LogP) is 3.39. The van der Waals surface area contributed by atoms with Crippen LogP contribution in [0.3, 0.4) is 0 Å². The van der Waals surface area contributed by atoms with E-state index < -0.39 is 0 Å². The zero-order chi connectivity index (χ0) is 17.2. The number of nitrogens with zero attached hydrogens (tertiary/aromatic N) is 1. The van der Waals surface area contributed by atoms with E-state index in [0.29, 0.717) is 13.1 Å². The summed E-state index contributed by atoms with van der Waals surface area (Å²) in [6.45, 7) is 3.83. The molecule has 0 heterocycles. The molecule has 0 aliphatic carbocycles. The summed E-state index contributed by atoms with van der Waals surface area (Å²) in [5.41, 5.74) is 2.90. The van der Waals surface area contributed by atoms with Gasteiger partial charge in [-0.05, 0) is 24.6 Å². The Bertz CT molecular complexity index is 629. The van der Waals surface area contributed by atoms with Gasteiger partial charge in [-0.25, -0.2) is 0 Å². The van der Waals surface area contributed by atoms with Crippen molar-refractivity contribution in [2.24, 2.45) is 0 Å². The first-order valence-electron chi connectivity index (χ1n) is 8.52. The topological polar surface area (TPSA) is 52.6 Å². The molecule has 2 aromatic carbocycles. The molecular weight excluding hydrogens is 300 g/mol. The molecule has 0 aliphatic rings. The van der Waals surface area contributed by atoms with Gasteiger partial charge in [-0.15, -0.1) is 0 Å². The van der Waals surface area contributed by atoms with E-state index in [0.717, 1.165) is 36.2 Å². The van der Waals surface area contributed by atoms with Crippen molar-refractivity contribution in [1.29, 1.82) is 0 Å². The Hall–Kier alpha value is -2.17. The second-order valence-electron chi connectivity index (χ2n) is 5.81. The fourth-order valence-electron chi connectivity index (χ4n) is 2.65. The maximum Gasteiger partial charge on any atom is 0.238 e. The number of aliphatic hydroxyl groups is 1. The maximum atomic E-state index is 12.4. The highest BCUT2D eigenvalue weighted by molar-refractivity contribution is 5.96. The first kappa shape index (κ1) is 18.2. The highest BCUT2D eigenvalue weighted by Gasteiger charge is 2.12. The molecule has 2 aromatic rings. The Morgan fingerprint density at radius 3 is 2.46 bits per heavy atom. The van der Waals surface area contributed by atoms with Crippen molar-refractivity contribution in [3.63, 3.8) is 0 Å². The molecule has 0 fully saturated rings. The molecule has 0 saturated carbocycles. The Balaban J connectivity index is 2.06. The van der Waals surface area contributed by atoms with Gasteiger partial charge in [0.05, 0.1) is 13.2 Å². The minimum absolute atomic E-state index is 0.0528. The van der Waals surface area contributed by atoms with Crippen LogP contribution in [0.1, 0.15) is 19.8 Å². The van der Waals surface area contributed by atoms with E-state index in [4.69, 9.17) is 5.11 Å². The number of para-hydroxylation sites is 1. The molecule has 0 unspecified atom stereocenters. The Labute approximate surface area is 144 Å². The number of carbonyl (C=O) groups excluding carboxylic acids is 1. The van der Waals surface area contributed by atoms with E-state index >= 15 is 0 Å². The van der Waals surface area contributed by atoms with Gasteiger partial charge >= 0.3 is 0 Å². The van der Waals surface area contributed by atoms with Gasteiger partial charge < -0.3 is 10.4 Å². The molecule has 0 aromatic heterocycles. The fraction of sp³-hybridized carbons (Fsp3) is 0.350. The number of rotatable bonds is 9. The van der Waals surface area contributed by atoms with E-state index in [1.807, 2.05) is 59.5 Å². The van der Waals surface area contributed by atoms with E-state index in [2.05, 4.69) is 12.2 Å². The summed E-state index contributed by atoms with van der Waals surface area (Å²) in [4.78, 5) is 14.4.